The van der Waals surface area contributed by atoms with Crippen LogP contribution in [-0.2, 0) is 30.1 Å². The van der Waals surface area contributed by atoms with Gasteiger partial charge >= 0.3 is 179 Å². The molecule has 42 heavy (non-hydrogen) atoms. The maximum atomic E-state index is 2.52. The Morgan fingerprint density at radius 1 is 0.833 bits per heavy atom. The minimum absolute atomic E-state index is 0. The van der Waals surface area contributed by atoms with E-state index >= 15 is 0 Å². The van der Waals surface area contributed by atoms with Crippen LogP contribution in [0, 0.1) is 24.7 Å². The first-order chi connectivity index (χ1) is 19.1. The molecular weight excluding hydrogens is 667 g/mol. The SMILES string of the molecule is CC1=C2c3cc(C)sc3C1[Si]2(C)C.CC1=Cc2c(-c3ccc(C45CC6CC(CC(C6)C4)C5)cc3)cccc2[CH]1[Zr+2].[Cl-].[Cl-]. The summed E-state index contributed by atoms with van der Waals surface area (Å²) < 4.78 is 0.651. The van der Waals surface area contributed by atoms with Gasteiger partial charge in [-0.3, -0.25) is 0 Å². The number of thiophene rings is 1. The van der Waals surface area contributed by atoms with Gasteiger partial charge in [0.25, 0.3) is 0 Å². The van der Waals surface area contributed by atoms with E-state index in [9.17, 15) is 0 Å². The van der Waals surface area contributed by atoms with Crippen molar-refractivity contribution in [2.24, 2.45) is 17.8 Å². The van der Waals surface area contributed by atoms with E-state index in [1.165, 1.54) is 71.2 Å². The molecule has 0 amide bonds. The molecule has 0 saturated heterocycles. The van der Waals surface area contributed by atoms with E-state index in [1.807, 2.05) is 11.3 Å². The molecule has 11 rings (SSSR count). The summed E-state index contributed by atoms with van der Waals surface area (Å²) >= 11 is 3.63. The van der Waals surface area contributed by atoms with Crippen molar-refractivity contribution in [2.75, 3.05) is 0 Å². The second kappa shape index (κ2) is 11.0. The van der Waals surface area contributed by atoms with Gasteiger partial charge in [-0.25, -0.2) is 0 Å². The number of hydrogen-bond donors (Lipinski definition) is 0. The molecule has 3 aromatic rings. The molecule has 2 aliphatic heterocycles. The Morgan fingerprint density at radius 3 is 2.02 bits per heavy atom. The monoisotopic (exact) mass is 705 g/mol. The van der Waals surface area contributed by atoms with Crippen LogP contribution < -0.4 is 24.8 Å². The molecule has 2 aromatic carbocycles. The maximum Gasteiger partial charge on any atom is -1.00 e. The van der Waals surface area contributed by atoms with Gasteiger partial charge < -0.3 is 24.8 Å². The Hall–Kier alpha value is -0.700. The molecule has 3 heterocycles. The molecule has 0 N–H and O–H groups in total. The van der Waals surface area contributed by atoms with E-state index in [-0.39, 0.29) is 24.8 Å². The smallest absolute Gasteiger partial charge is 1.00 e. The molecule has 6 aliphatic carbocycles. The van der Waals surface area contributed by atoms with Crippen molar-refractivity contribution < 1.29 is 49.5 Å². The van der Waals surface area contributed by atoms with Gasteiger partial charge in [-0.2, -0.15) is 0 Å². The molecule has 4 saturated carbocycles. The Balaban J connectivity index is 0.000000178. The van der Waals surface area contributed by atoms with Gasteiger partial charge in [-0.15, -0.1) is 11.3 Å². The summed E-state index contributed by atoms with van der Waals surface area (Å²) in [6, 6.07) is 19.1. The molecule has 1 aromatic heterocycles. The number of rotatable bonds is 2. The predicted molar refractivity (Wildman–Crippen MR) is 170 cm³/mol. The standard InChI is InChI=1S/C26H27.C11H14SSi.2ClH.Zr/c1-17-9-22-3-2-4-24(25(22)10-17)21-5-7-23(8-6-21)26-14-18-11-19(15-26)13-20(12-18)16-26;1-6-5-8-9(12-6)11-7(2)10(8)13(11,3)4;;;/h2-10,18-20H,11-16H2,1H3;5,11H,1-4H3;2*1H;/q;;;;+2/p-2. The zero-order chi connectivity index (χ0) is 27.6. The first kappa shape index (κ1) is 31.3. The van der Waals surface area contributed by atoms with Crippen molar-refractivity contribution in [1.82, 2.24) is 0 Å². The van der Waals surface area contributed by atoms with E-state index < -0.39 is 8.07 Å². The van der Waals surface area contributed by atoms with E-state index in [4.69, 9.17) is 0 Å². The zero-order valence-electron chi connectivity index (χ0n) is 25.5. The quantitative estimate of drug-likeness (QED) is 0.343. The van der Waals surface area contributed by atoms with Crippen LogP contribution in [0.3, 0.4) is 0 Å². The fourth-order valence-corrected chi connectivity index (χ4v) is 17.8. The van der Waals surface area contributed by atoms with Gasteiger partial charge in [0.15, 0.2) is 0 Å². The molecule has 5 heteroatoms. The van der Waals surface area contributed by atoms with Gasteiger partial charge in [0, 0.05) is 15.3 Å². The molecule has 2 atom stereocenters. The van der Waals surface area contributed by atoms with Crippen LogP contribution in [0.15, 0.2) is 59.7 Å². The molecule has 217 valence electrons. The minimum Gasteiger partial charge on any atom is -1.00 e. The van der Waals surface area contributed by atoms with Crippen LogP contribution >= 0.6 is 11.3 Å². The summed E-state index contributed by atoms with van der Waals surface area (Å²) in [4.78, 5) is 3.19. The summed E-state index contributed by atoms with van der Waals surface area (Å²) in [5.41, 5.74) is 13.7. The van der Waals surface area contributed by atoms with Crippen LogP contribution in [0.5, 0.6) is 0 Å². The summed E-state index contributed by atoms with van der Waals surface area (Å²) in [5.74, 6) is 3.06. The van der Waals surface area contributed by atoms with Crippen molar-refractivity contribution in [3.8, 4) is 11.1 Å². The van der Waals surface area contributed by atoms with Crippen LogP contribution in [0.2, 0.25) is 13.1 Å². The number of allylic oxidation sites excluding steroid dienone is 2. The van der Waals surface area contributed by atoms with Gasteiger partial charge in [0.2, 0.25) is 0 Å². The Bertz CT molecular complexity index is 1580. The molecule has 4 fully saturated rings. The van der Waals surface area contributed by atoms with Crippen LogP contribution in [0.4, 0.5) is 0 Å². The zero-order valence-corrected chi connectivity index (χ0v) is 31.3. The third-order valence-electron chi connectivity index (χ3n) is 11.7. The van der Waals surface area contributed by atoms with E-state index in [0.29, 0.717) is 9.04 Å². The summed E-state index contributed by atoms with van der Waals surface area (Å²) in [7, 11) is -0.995. The molecule has 2 unspecified atom stereocenters. The van der Waals surface area contributed by atoms with Gasteiger partial charge in [0.1, 0.15) is 0 Å². The van der Waals surface area contributed by atoms with Gasteiger partial charge in [-0.1, -0.05) is 23.9 Å². The third-order valence-corrected chi connectivity index (χ3v) is 19.1. The average Bonchev–Trinajstić information content (AvgIpc) is 3.56. The predicted octanol–water partition coefficient (Wildman–Crippen LogP) is 4.56. The first-order valence-corrected chi connectivity index (χ1v) is 20.9. The second-order valence-corrected chi connectivity index (χ2v) is 22.0. The first-order valence-electron chi connectivity index (χ1n) is 15.6. The van der Waals surface area contributed by atoms with E-state index in [2.05, 4.69) is 88.5 Å². The fraction of sp³-hybridized carbons (Fsp3) is 0.459. The number of aryl methyl sites for hydroxylation is 1. The largest absolute Gasteiger partial charge is 1.00 e. The normalized spacial score (nSPS) is 31.7. The number of benzene rings is 2. The second-order valence-electron chi connectivity index (χ2n) is 14.8. The van der Waals surface area contributed by atoms with Crippen molar-refractivity contribution >= 4 is 30.7 Å². The molecule has 0 radical (unpaired) electrons. The van der Waals surface area contributed by atoms with E-state index in [1.54, 1.807) is 51.5 Å². The maximum absolute atomic E-state index is 2.52. The molecule has 8 aliphatic rings. The fourth-order valence-electron chi connectivity index (χ4n) is 10.6. The number of hydrogen-bond acceptors (Lipinski definition) is 1. The Labute approximate surface area is 285 Å². The Kier molecular flexibility index (Phi) is 8.18. The molecular formula is C37H41Cl2SSiZr. The van der Waals surface area contributed by atoms with Crippen molar-refractivity contribution in [3.63, 3.8) is 0 Å². The average molecular weight is 708 g/mol. The number of fused-ring (bicyclic) bond motifs is 1. The Morgan fingerprint density at radius 2 is 1.45 bits per heavy atom. The van der Waals surface area contributed by atoms with Gasteiger partial charge in [0.05, 0.1) is 8.07 Å². The van der Waals surface area contributed by atoms with Crippen LogP contribution in [0.25, 0.3) is 22.4 Å². The summed E-state index contributed by atoms with van der Waals surface area (Å²) in [6.45, 7) is 11.9. The van der Waals surface area contributed by atoms with Crippen LogP contribution in [-0.4, -0.2) is 8.07 Å². The van der Waals surface area contributed by atoms with Crippen molar-refractivity contribution in [1.29, 1.82) is 0 Å². The summed E-state index contributed by atoms with van der Waals surface area (Å²) in [5, 5.41) is 1.77. The summed E-state index contributed by atoms with van der Waals surface area (Å²) in [6.07, 6.45) is 11.4. The van der Waals surface area contributed by atoms with Crippen molar-refractivity contribution in [3.05, 3.63) is 91.7 Å². The third kappa shape index (κ3) is 4.57. The van der Waals surface area contributed by atoms with E-state index in [0.717, 1.165) is 23.3 Å². The van der Waals surface area contributed by atoms with Crippen molar-refractivity contribution in [2.45, 2.75) is 87.0 Å². The minimum atomic E-state index is -0.995. The molecule has 0 nitrogen and oxygen atoms in total. The van der Waals surface area contributed by atoms with Crippen LogP contribution in [0.1, 0.15) is 93.5 Å². The molecule has 0 spiro atoms. The number of halogens is 2. The topological polar surface area (TPSA) is 0 Å². The molecule has 6 bridgehead atoms. The van der Waals surface area contributed by atoms with Gasteiger partial charge in [-0.05, 0) is 25.5 Å².